The molecule has 27 heavy (non-hydrogen) atoms. The molecule has 1 unspecified atom stereocenters. The fourth-order valence-corrected chi connectivity index (χ4v) is 4.58. The van der Waals surface area contributed by atoms with Crippen molar-refractivity contribution in [3.63, 3.8) is 0 Å². The number of benzene rings is 2. The van der Waals surface area contributed by atoms with Gasteiger partial charge in [-0.05, 0) is 48.9 Å². The number of rotatable bonds is 5. The van der Waals surface area contributed by atoms with Crippen LogP contribution in [0.3, 0.4) is 0 Å². The maximum absolute atomic E-state index is 9.08. The number of hydrogen-bond acceptors (Lipinski definition) is 5. The van der Waals surface area contributed by atoms with E-state index in [2.05, 4.69) is 58.5 Å². The Balaban J connectivity index is 1.61. The van der Waals surface area contributed by atoms with Crippen molar-refractivity contribution in [1.82, 2.24) is 9.80 Å². The molecule has 144 valence electrons. The van der Waals surface area contributed by atoms with Gasteiger partial charge in [0.2, 0.25) is 0 Å². The van der Waals surface area contributed by atoms with Crippen molar-refractivity contribution in [1.29, 1.82) is 0 Å². The van der Waals surface area contributed by atoms with E-state index < -0.39 is 0 Å². The van der Waals surface area contributed by atoms with Gasteiger partial charge in [-0.2, -0.15) is 0 Å². The van der Waals surface area contributed by atoms with Crippen LogP contribution in [0, 0.1) is 0 Å². The van der Waals surface area contributed by atoms with Crippen molar-refractivity contribution in [3.8, 4) is 11.5 Å². The lowest BCUT2D eigenvalue weighted by molar-refractivity contribution is 0.0908. The Labute approximate surface area is 166 Å². The van der Waals surface area contributed by atoms with E-state index in [-0.39, 0.29) is 6.61 Å². The molecule has 0 radical (unpaired) electrons. The number of ether oxygens (including phenoxy) is 1. The number of piperazine rings is 1. The van der Waals surface area contributed by atoms with E-state index in [1.807, 2.05) is 0 Å². The van der Waals surface area contributed by atoms with Gasteiger partial charge in [-0.15, -0.1) is 11.8 Å². The standard InChI is InChI=1S/C22H28N2O2S/c1-27-18-7-8-22-19(16-18)20(15-17-5-2-3-6-21(17)26-22)24-12-10-23(11-13-24)9-4-14-25/h2-3,5-8,16,20,25H,4,9-15H2,1H3. The third-order valence-electron chi connectivity index (χ3n) is 5.66. The van der Waals surface area contributed by atoms with Gasteiger partial charge >= 0.3 is 0 Å². The molecule has 2 aromatic carbocycles. The van der Waals surface area contributed by atoms with E-state index in [1.165, 1.54) is 16.0 Å². The van der Waals surface area contributed by atoms with Gasteiger partial charge in [0.05, 0.1) is 0 Å². The van der Waals surface area contributed by atoms with Crippen molar-refractivity contribution in [2.75, 3.05) is 45.6 Å². The summed E-state index contributed by atoms with van der Waals surface area (Å²) in [4.78, 5) is 6.37. The highest BCUT2D eigenvalue weighted by Gasteiger charge is 2.30. The minimum absolute atomic E-state index is 0.280. The average Bonchev–Trinajstić information content (AvgIpc) is 2.88. The van der Waals surface area contributed by atoms with E-state index in [1.54, 1.807) is 11.8 Å². The second-order valence-corrected chi connectivity index (χ2v) is 8.17. The molecule has 1 N–H and O–H groups in total. The molecular formula is C22H28N2O2S. The molecule has 0 saturated carbocycles. The molecule has 0 aromatic heterocycles. The van der Waals surface area contributed by atoms with E-state index in [0.29, 0.717) is 6.04 Å². The van der Waals surface area contributed by atoms with Crippen molar-refractivity contribution in [2.45, 2.75) is 23.8 Å². The van der Waals surface area contributed by atoms with Crippen molar-refractivity contribution in [3.05, 3.63) is 53.6 Å². The quantitative estimate of drug-likeness (QED) is 0.794. The van der Waals surface area contributed by atoms with Gasteiger partial charge in [-0.25, -0.2) is 0 Å². The Bertz CT molecular complexity index is 775. The van der Waals surface area contributed by atoms with Crippen LogP contribution < -0.4 is 4.74 Å². The molecule has 4 nitrogen and oxygen atoms in total. The summed E-state index contributed by atoms with van der Waals surface area (Å²) in [6, 6.07) is 15.4. The first-order valence-electron chi connectivity index (χ1n) is 9.79. The first-order valence-corrected chi connectivity index (χ1v) is 11.0. The number of aliphatic hydroxyl groups excluding tert-OH is 1. The fourth-order valence-electron chi connectivity index (χ4n) is 4.13. The first-order chi connectivity index (χ1) is 13.3. The van der Waals surface area contributed by atoms with Gasteiger partial charge in [0.15, 0.2) is 0 Å². The SMILES string of the molecule is CSc1ccc2c(c1)C(N1CCN(CCCO)CC1)Cc1ccccc1O2. The summed E-state index contributed by atoms with van der Waals surface area (Å²) in [6.07, 6.45) is 3.98. The van der Waals surface area contributed by atoms with Crippen LogP contribution in [0.1, 0.15) is 23.6 Å². The summed E-state index contributed by atoms with van der Waals surface area (Å²) in [5.41, 5.74) is 2.59. The highest BCUT2D eigenvalue weighted by molar-refractivity contribution is 7.98. The van der Waals surface area contributed by atoms with Gasteiger partial charge in [-0.1, -0.05) is 18.2 Å². The van der Waals surface area contributed by atoms with Crippen LogP contribution in [0.5, 0.6) is 11.5 Å². The van der Waals surface area contributed by atoms with Crippen LogP contribution in [-0.4, -0.2) is 60.5 Å². The predicted octanol–water partition coefficient (Wildman–Crippen LogP) is 3.80. The third-order valence-corrected chi connectivity index (χ3v) is 6.39. The monoisotopic (exact) mass is 384 g/mol. The van der Waals surface area contributed by atoms with Crippen LogP contribution in [0.15, 0.2) is 47.4 Å². The smallest absolute Gasteiger partial charge is 0.132 e. The summed E-state index contributed by atoms with van der Waals surface area (Å²) in [7, 11) is 0. The number of thioether (sulfide) groups is 1. The number of para-hydroxylation sites is 1. The van der Waals surface area contributed by atoms with Crippen LogP contribution in [0.2, 0.25) is 0 Å². The first kappa shape index (κ1) is 18.8. The summed E-state index contributed by atoms with van der Waals surface area (Å²) in [6.45, 7) is 5.52. The minimum atomic E-state index is 0.280. The van der Waals surface area contributed by atoms with Crippen molar-refractivity contribution < 1.29 is 9.84 Å². The average molecular weight is 385 g/mol. The zero-order chi connectivity index (χ0) is 18.6. The summed E-state index contributed by atoms with van der Waals surface area (Å²) in [5.74, 6) is 1.98. The molecular weight excluding hydrogens is 356 g/mol. The van der Waals surface area contributed by atoms with Crippen LogP contribution >= 0.6 is 11.8 Å². The van der Waals surface area contributed by atoms with Gasteiger partial charge < -0.3 is 14.7 Å². The summed E-state index contributed by atoms with van der Waals surface area (Å²) < 4.78 is 6.32. The Morgan fingerprint density at radius 2 is 1.89 bits per heavy atom. The molecule has 5 heteroatoms. The normalized spacial score (nSPS) is 20.4. The Morgan fingerprint density at radius 1 is 1.07 bits per heavy atom. The third kappa shape index (κ3) is 4.16. The zero-order valence-electron chi connectivity index (χ0n) is 15.9. The highest BCUT2D eigenvalue weighted by atomic mass is 32.2. The largest absolute Gasteiger partial charge is 0.457 e. The molecule has 2 heterocycles. The van der Waals surface area contributed by atoms with Crippen molar-refractivity contribution >= 4 is 11.8 Å². The number of fused-ring (bicyclic) bond motifs is 2. The van der Waals surface area contributed by atoms with Crippen LogP contribution in [0.4, 0.5) is 0 Å². The minimum Gasteiger partial charge on any atom is -0.457 e. The van der Waals surface area contributed by atoms with Gasteiger partial charge in [0, 0.05) is 55.8 Å². The molecule has 1 atom stereocenters. The van der Waals surface area contributed by atoms with E-state index in [0.717, 1.165) is 57.1 Å². The molecule has 4 rings (SSSR count). The lowest BCUT2D eigenvalue weighted by Gasteiger charge is -2.39. The fraction of sp³-hybridized carbons (Fsp3) is 0.455. The molecule has 0 aliphatic carbocycles. The molecule has 0 bridgehead atoms. The second-order valence-electron chi connectivity index (χ2n) is 7.29. The Morgan fingerprint density at radius 3 is 2.67 bits per heavy atom. The lowest BCUT2D eigenvalue weighted by Crippen LogP contribution is -2.48. The zero-order valence-corrected chi connectivity index (χ0v) is 16.8. The van der Waals surface area contributed by atoms with Gasteiger partial charge in [0.1, 0.15) is 11.5 Å². The molecule has 2 aliphatic heterocycles. The maximum atomic E-state index is 9.08. The second kappa shape index (κ2) is 8.65. The van der Waals surface area contributed by atoms with E-state index >= 15 is 0 Å². The molecule has 1 saturated heterocycles. The van der Waals surface area contributed by atoms with Gasteiger partial charge in [0.25, 0.3) is 0 Å². The lowest BCUT2D eigenvalue weighted by atomic mass is 9.96. The maximum Gasteiger partial charge on any atom is 0.132 e. The molecule has 0 spiro atoms. The number of aliphatic hydroxyl groups is 1. The van der Waals surface area contributed by atoms with E-state index in [9.17, 15) is 0 Å². The number of nitrogens with zero attached hydrogens (tertiary/aromatic N) is 2. The Kier molecular flexibility index (Phi) is 6.03. The molecule has 0 amide bonds. The van der Waals surface area contributed by atoms with Crippen LogP contribution in [-0.2, 0) is 6.42 Å². The predicted molar refractivity (Wildman–Crippen MR) is 111 cm³/mol. The molecule has 1 fully saturated rings. The Hall–Kier alpha value is -1.53. The molecule has 2 aromatic rings. The topological polar surface area (TPSA) is 35.9 Å². The van der Waals surface area contributed by atoms with Crippen LogP contribution in [0.25, 0.3) is 0 Å². The van der Waals surface area contributed by atoms with Crippen molar-refractivity contribution in [2.24, 2.45) is 0 Å². The van der Waals surface area contributed by atoms with Gasteiger partial charge in [-0.3, -0.25) is 4.90 Å². The summed E-state index contributed by atoms with van der Waals surface area (Å²) >= 11 is 1.78. The molecule has 2 aliphatic rings. The number of hydrogen-bond donors (Lipinski definition) is 1. The highest BCUT2D eigenvalue weighted by Crippen LogP contribution is 2.42. The summed E-state index contributed by atoms with van der Waals surface area (Å²) in [5, 5.41) is 9.08. The van der Waals surface area contributed by atoms with E-state index in [4.69, 9.17) is 9.84 Å².